The van der Waals surface area contributed by atoms with Gasteiger partial charge in [0.1, 0.15) is 0 Å². The van der Waals surface area contributed by atoms with Crippen molar-refractivity contribution in [1.29, 1.82) is 0 Å². The zero-order valence-electron chi connectivity index (χ0n) is 7.93. The molecule has 0 aromatic rings. The molecule has 1 heterocycles. The second-order valence-electron chi connectivity index (χ2n) is 5.08. The normalized spacial score (nSPS) is 30.5. The van der Waals surface area contributed by atoms with Crippen LogP contribution in [0.4, 0.5) is 0 Å². The van der Waals surface area contributed by atoms with E-state index in [-0.39, 0.29) is 0 Å². The lowest BCUT2D eigenvalue weighted by Crippen LogP contribution is -2.61. The van der Waals surface area contributed by atoms with Crippen molar-refractivity contribution in [2.24, 2.45) is 17.3 Å². The van der Waals surface area contributed by atoms with Gasteiger partial charge in [0.15, 0.2) is 7.98 Å². The molecule has 0 unspecified atom stereocenters. The van der Waals surface area contributed by atoms with Gasteiger partial charge >= 0.3 is 0 Å². The maximum atomic E-state index is 2.44. The van der Waals surface area contributed by atoms with Crippen molar-refractivity contribution >= 4 is 7.98 Å². The molecule has 1 spiro atoms. The molecule has 0 atom stereocenters. The van der Waals surface area contributed by atoms with Crippen LogP contribution in [0.1, 0.15) is 26.7 Å². The Morgan fingerprint density at radius 2 is 1.91 bits per heavy atom. The molecule has 1 aliphatic heterocycles. The van der Waals surface area contributed by atoms with Gasteiger partial charge < -0.3 is 4.81 Å². The summed E-state index contributed by atoms with van der Waals surface area (Å²) in [5, 5.41) is 0. The van der Waals surface area contributed by atoms with Gasteiger partial charge in [-0.15, -0.1) is 0 Å². The Morgan fingerprint density at radius 1 is 1.36 bits per heavy atom. The lowest BCUT2D eigenvalue weighted by molar-refractivity contribution is -0.0678. The van der Waals surface area contributed by atoms with Crippen LogP contribution in [0.5, 0.6) is 0 Å². The van der Waals surface area contributed by atoms with E-state index in [1.807, 2.05) is 0 Å². The molecule has 0 aromatic carbocycles. The summed E-state index contributed by atoms with van der Waals surface area (Å²) < 4.78 is 0. The van der Waals surface area contributed by atoms with Crippen molar-refractivity contribution in [3.8, 4) is 0 Å². The molecule has 1 saturated heterocycles. The summed E-state index contributed by atoms with van der Waals surface area (Å²) >= 11 is 0. The molecule has 0 aromatic heterocycles. The van der Waals surface area contributed by atoms with Crippen LogP contribution in [0.3, 0.4) is 0 Å². The number of nitrogens with zero attached hydrogens (tertiary/aromatic N) is 1. The van der Waals surface area contributed by atoms with Crippen LogP contribution >= 0.6 is 0 Å². The number of rotatable bonds is 1. The van der Waals surface area contributed by atoms with E-state index in [0.717, 1.165) is 17.3 Å². The lowest BCUT2D eigenvalue weighted by atomic mass is 9.54. The van der Waals surface area contributed by atoms with E-state index in [1.165, 1.54) is 25.9 Å². The first-order chi connectivity index (χ1) is 5.11. The van der Waals surface area contributed by atoms with Crippen molar-refractivity contribution in [1.82, 2.24) is 4.81 Å². The molecule has 2 heteroatoms. The Balaban J connectivity index is 1.80. The summed E-state index contributed by atoms with van der Waals surface area (Å²) in [5.41, 5.74) is 0.795. The lowest BCUT2D eigenvalue weighted by Gasteiger charge is -2.60. The molecule has 0 amide bonds. The van der Waals surface area contributed by atoms with E-state index in [1.54, 1.807) is 0 Å². The molecular formula is C9H18BN. The summed E-state index contributed by atoms with van der Waals surface area (Å²) in [6, 6.07) is 0. The highest BCUT2D eigenvalue weighted by Crippen LogP contribution is 2.53. The third kappa shape index (κ3) is 1.12. The van der Waals surface area contributed by atoms with Crippen molar-refractivity contribution in [2.75, 3.05) is 13.1 Å². The minimum Gasteiger partial charge on any atom is -0.348 e. The largest absolute Gasteiger partial charge is 0.348 e. The minimum atomic E-state index is 0.795. The van der Waals surface area contributed by atoms with E-state index in [0.29, 0.717) is 0 Å². The van der Waals surface area contributed by atoms with Gasteiger partial charge in [0.05, 0.1) is 0 Å². The summed E-state index contributed by atoms with van der Waals surface area (Å²) in [4.78, 5) is 2.44. The standard InChI is InChI=1S/C9H18BN/c1-7(2)8-3-9(4-8)5-11(10)6-9/h7-8H,3-6,10H2,1-2H3. The molecule has 1 nitrogen and oxygen atoms in total. The molecule has 2 aliphatic rings. The van der Waals surface area contributed by atoms with E-state index in [4.69, 9.17) is 0 Å². The number of hydrogen-bond acceptors (Lipinski definition) is 1. The Hall–Kier alpha value is 0.0249. The monoisotopic (exact) mass is 151 g/mol. The first kappa shape index (κ1) is 7.66. The van der Waals surface area contributed by atoms with Crippen LogP contribution in [0.15, 0.2) is 0 Å². The van der Waals surface area contributed by atoms with Gasteiger partial charge in [-0.2, -0.15) is 0 Å². The van der Waals surface area contributed by atoms with Crippen molar-refractivity contribution < 1.29 is 0 Å². The van der Waals surface area contributed by atoms with Crippen LogP contribution in [0.2, 0.25) is 0 Å². The molecule has 2 fully saturated rings. The fourth-order valence-electron chi connectivity index (χ4n) is 2.88. The van der Waals surface area contributed by atoms with Gasteiger partial charge in [0, 0.05) is 0 Å². The second kappa shape index (κ2) is 2.26. The summed E-state index contributed by atoms with van der Waals surface area (Å²) in [5.74, 6) is 1.97. The molecule has 0 bridgehead atoms. The van der Waals surface area contributed by atoms with Crippen LogP contribution in [-0.4, -0.2) is 25.9 Å². The first-order valence-electron chi connectivity index (χ1n) is 4.80. The quantitative estimate of drug-likeness (QED) is 0.503. The van der Waals surface area contributed by atoms with Crippen LogP contribution < -0.4 is 0 Å². The highest BCUT2D eigenvalue weighted by Gasteiger charge is 2.50. The molecule has 1 saturated carbocycles. The molecule has 2 rings (SSSR count). The predicted molar refractivity (Wildman–Crippen MR) is 50.1 cm³/mol. The van der Waals surface area contributed by atoms with Crippen molar-refractivity contribution in [3.63, 3.8) is 0 Å². The fourth-order valence-corrected chi connectivity index (χ4v) is 2.88. The Kier molecular flexibility index (Phi) is 1.57. The highest BCUT2D eigenvalue weighted by atomic mass is 15.1. The highest BCUT2D eigenvalue weighted by molar-refractivity contribution is 6.05. The second-order valence-corrected chi connectivity index (χ2v) is 5.08. The van der Waals surface area contributed by atoms with Crippen molar-refractivity contribution in [3.05, 3.63) is 0 Å². The molecule has 11 heavy (non-hydrogen) atoms. The molecule has 0 radical (unpaired) electrons. The van der Waals surface area contributed by atoms with E-state index in [9.17, 15) is 0 Å². The number of hydrogen-bond donors (Lipinski definition) is 0. The molecule has 62 valence electrons. The predicted octanol–water partition coefficient (Wildman–Crippen LogP) is 0.902. The average molecular weight is 151 g/mol. The SMILES string of the molecule is BN1CC2(CC(C(C)C)C2)C1. The maximum absolute atomic E-state index is 2.44. The van der Waals surface area contributed by atoms with Gasteiger partial charge in [-0.3, -0.25) is 0 Å². The Morgan fingerprint density at radius 3 is 2.27 bits per heavy atom. The fraction of sp³-hybridized carbons (Fsp3) is 1.00. The zero-order chi connectivity index (χ0) is 8.06. The van der Waals surface area contributed by atoms with Gasteiger partial charge in [-0.25, -0.2) is 0 Å². The van der Waals surface area contributed by atoms with E-state index >= 15 is 0 Å². The van der Waals surface area contributed by atoms with Crippen molar-refractivity contribution in [2.45, 2.75) is 26.7 Å². The molecule has 1 aliphatic carbocycles. The van der Waals surface area contributed by atoms with Crippen LogP contribution in [0, 0.1) is 17.3 Å². The third-order valence-corrected chi connectivity index (χ3v) is 3.54. The van der Waals surface area contributed by atoms with E-state index in [2.05, 4.69) is 26.6 Å². The van der Waals surface area contributed by atoms with Gasteiger partial charge in [-0.1, -0.05) is 13.8 Å². The smallest absolute Gasteiger partial charge is 0.185 e. The third-order valence-electron chi connectivity index (χ3n) is 3.54. The molecule has 0 N–H and O–H groups in total. The average Bonchev–Trinajstić information content (AvgIpc) is 1.73. The summed E-state index contributed by atoms with van der Waals surface area (Å²) in [6.45, 7) is 7.46. The molecular weight excluding hydrogens is 133 g/mol. The minimum absolute atomic E-state index is 0.795. The maximum Gasteiger partial charge on any atom is 0.185 e. The Bertz CT molecular complexity index is 153. The van der Waals surface area contributed by atoms with E-state index < -0.39 is 0 Å². The summed E-state index contributed by atoms with van der Waals surface area (Å²) in [6.07, 6.45) is 3.02. The van der Waals surface area contributed by atoms with Crippen LogP contribution in [-0.2, 0) is 0 Å². The topological polar surface area (TPSA) is 3.24 Å². The zero-order valence-corrected chi connectivity index (χ0v) is 7.93. The van der Waals surface area contributed by atoms with Crippen LogP contribution in [0.25, 0.3) is 0 Å². The van der Waals surface area contributed by atoms with Gasteiger partial charge in [0.25, 0.3) is 0 Å². The summed E-state index contributed by atoms with van der Waals surface area (Å²) in [7, 11) is 2.23. The van der Waals surface area contributed by atoms with Gasteiger partial charge in [0.2, 0.25) is 0 Å². The Labute approximate surface area is 70.6 Å². The first-order valence-corrected chi connectivity index (χ1v) is 4.80. The van der Waals surface area contributed by atoms with Gasteiger partial charge in [-0.05, 0) is 43.2 Å².